The molecule has 1 N–H and O–H groups in total. The molecule has 9 nitrogen and oxygen atoms in total. The van der Waals surface area contributed by atoms with Gasteiger partial charge in [-0.15, -0.1) is 4.72 Å². The topological polar surface area (TPSA) is 100 Å². The summed E-state index contributed by atoms with van der Waals surface area (Å²) in [5.41, 5.74) is 2.22. The fourth-order valence-corrected chi connectivity index (χ4v) is 6.99. The van der Waals surface area contributed by atoms with Crippen molar-refractivity contribution in [3.63, 3.8) is 0 Å². The van der Waals surface area contributed by atoms with Gasteiger partial charge in [0.15, 0.2) is 15.6 Å². The Hall–Kier alpha value is -1.67. The number of halogens is 1. The van der Waals surface area contributed by atoms with Gasteiger partial charge in [-0.2, -0.15) is 5.10 Å². The van der Waals surface area contributed by atoms with E-state index in [0.717, 1.165) is 83.8 Å². The molecule has 3 aromatic rings. The molecule has 0 radical (unpaired) electrons. The first-order valence-electron chi connectivity index (χ1n) is 13.0. The normalized spacial score (nSPS) is 24.3. The van der Waals surface area contributed by atoms with Crippen LogP contribution in [0.25, 0.3) is 11.2 Å². The molecule has 6 rings (SSSR count). The highest BCUT2D eigenvalue weighted by atomic mass is 127. The number of para-hydroxylation sites is 1. The van der Waals surface area contributed by atoms with E-state index in [1.54, 1.807) is 0 Å². The van der Waals surface area contributed by atoms with Crippen molar-refractivity contribution in [2.45, 2.75) is 75.5 Å². The Balaban J connectivity index is 1.25. The molecule has 11 heteroatoms. The molecule has 3 atom stereocenters. The second kappa shape index (κ2) is 9.82. The average Bonchev–Trinajstić information content (AvgIpc) is 3.38. The minimum atomic E-state index is -1.21. The predicted octanol–water partition coefficient (Wildman–Crippen LogP) is 4.65. The summed E-state index contributed by atoms with van der Waals surface area (Å²) in [7, 11) is 0. The maximum absolute atomic E-state index is 13.1. The van der Waals surface area contributed by atoms with Crippen molar-refractivity contribution in [3.05, 3.63) is 39.7 Å². The molecule has 5 heterocycles. The maximum atomic E-state index is 13.1. The van der Waals surface area contributed by atoms with Crippen LogP contribution in [0.5, 0.6) is 5.75 Å². The van der Waals surface area contributed by atoms with E-state index in [-0.39, 0.29) is 17.0 Å². The van der Waals surface area contributed by atoms with E-state index >= 15 is 0 Å². The summed E-state index contributed by atoms with van der Waals surface area (Å²) in [5, 5.41) is 4.72. The molecule has 0 saturated carbocycles. The average molecular weight is 637 g/mol. The Morgan fingerprint density at radius 1 is 1.19 bits per heavy atom. The van der Waals surface area contributed by atoms with Crippen LogP contribution in [-0.2, 0) is 16.1 Å². The van der Waals surface area contributed by atoms with Crippen molar-refractivity contribution in [1.29, 1.82) is 0 Å². The third-order valence-corrected chi connectivity index (χ3v) is 9.85. The summed E-state index contributed by atoms with van der Waals surface area (Å²) in [4.78, 5) is 12.0. The van der Waals surface area contributed by atoms with Crippen molar-refractivity contribution in [2.24, 2.45) is 0 Å². The SMILES string of the molecule is CC(C)(C)[S+]([O-])N[C@@H]1c2ccccc2OC12CCN(c1cnc3c(I)nn(C4CCCCO4)c3n1)CC2. The van der Waals surface area contributed by atoms with Crippen molar-refractivity contribution in [1.82, 2.24) is 24.5 Å². The number of fused-ring (bicyclic) bond motifs is 2. The fourth-order valence-electron chi connectivity index (χ4n) is 5.47. The van der Waals surface area contributed by atoms with E-state index in [0.29, 0.717) is 0 Å². The first-order valence-corrected chi connectivity index (χ1v) is 15.2. The predicted molar refractivity (Wildman–Crippen MR) is 152 cm³/mol. The molecule has 3 aliphatic rings. The zero-order valence-corrected chi connectivity index (χ0v) is 24.4. The Bertz CT molecular complexity index is 1280. The van der Waals surface area contributed by atoms with E-state index in [1.807, 2.05) is 49.8 Å². The lowest BCUT2D eigenvalue weighted by Gasteiger charge is -2.42. The number of rotatable bonds is 4. The van der Waals surface area contributed by atoms with E-state index in [4.69, 9.17) is 24.5 Å². The summed E-state index contributed by atoms with van der Waals surface area (Å²) in [6, 6.07) is 7.99. The first kappa shape index (κ1) is 25.6. The van der Waals surface area contributed by atoms with Crippen LogP contribution in [0.3, 0.4) is 0 Å². The molecule has 0 aliphatic carbocycles. The first-order chi connectivity index (χ1) is 17.7. The van der Waals surface area contributed by atoms with Gasteiger partial charge in [0.2, 0.25) is 0 Å². The monoisotopic (exact) mass is 636 g/mol. The van der Waals surface area contributed by atoms with Crippen molar-refractivity contribution >= 4 is 50.9 Å². The van der Waals surface area contributed by atoms with Crippen molar-refractivity contribution < 1.29 is 14.0 Å². The molecule has 2 aromatic heterocycles. The summed E-state index contributed by atoms with van der Waals surface area (Å²) >= 11 is 1.01. The number of hydrogen-bond acceptors (Lipinski definition) is 8. The lowest BCUT2D eigenvalue weighted by Crippen LogP contribution is -2.55. The molecule has 3 aliphatic heterocycles. The highest BCUT2D eigenvalue weighted by Crippen LogP contribution is 2.49. The molecule has 198 valence electrons. The molecule has 2 fully saturated rings. The molecule has 0 amide bonds. The van der Waals surface area contributed by atoms with Crippen LogP contribution >= 0.6 is 22.6 Å². The Labute approximate surface area is 234 Å². The van der Waals surface area contributed by atoms with Crippen LogP contribution in [0.1, 0.15) is 70.7 Å². The molecule has 2 saturated heterocycles. The number of nitrogens with one attached hydrogen (secondary N) is 1. The number of aromatic nitrogens is 4. The molecular formula is C26H33IN6O3S. The second-order valence-corrected chi connectivity index (χ2v) is 14.1. The molecule has 1 spiro atoms. The summed E-state index contributed by atoms with van der Waals surface area (Å²) in [5.74, 6) is 1.72. The molecule has 0 bridgehead atoms. The lowest BCUT2D eigenvalue weighted by molar-refractivity contribution is -0.0372. The zero-order valence-electron chi connectivity index (χ0n) is 21.4. The van der Waals surface area contributed by atoms with Gasteiger partial charge in [0.25, 0.3) is 0 Å². The lowest BCUT2D eigenvalue weighted by atomic mass is 9.83. The van der Waals surface area contributed by atoms with Crippen LogP contribution in [0.2, 0.25) is 0 Å². The smallest absolute Gasteiger partial charge is 0.182 e. The van der Waals surface area contributed by atoms with Crippen LogP contribution in [0, 0.1) is 3.70 Å². The number of hydrogen-bond donors (Lipinski definition) is 1. The number of nitrogens with zero attached hydrogens (tertiary/aromatic N) is 5. The number of piperidine rings is 1. The van der Waals surface area contributed by atoms with E-state index < -0.39 is 17.0 Å². The molecule has 37 heavy (non-hydrogen) atoms. The summed E-state index contributed by atoms with van der Waals surface area (Å²) in [6.07, 6.45) is 6.48. The largest absolute Gasteiger partial charge is 0.598 e. The van der Waals surface area contributed by atoms with Gasteiger partial charge in [0.05, 0.1) is 6.20 Å². The van der Waals surface area contributed by atoms with E-state index in [1.165, 1.54) is 0 Å². The number of anilines is 1. The Kier molecular flexibility index (Phi) is 6.79. The second-order valence-electron chi connectivity index (χ2n) is 11.1. The van der Waals surface area contributed by atoms with Gasteiger partial charge in [0.1, 0.15) is 33.5 Å². The highest BCUT2D eigenvalue weighted by Gasteiger charge is 2.53. The fraction of sp³-hybridized carbons (Fsp3) is 0.577. The van der Waals surface area contributed by atoms with Gasteiger partial charge in [-0.3, -0.25) is 0 Å². The van der Waals surface area contributed by atoms with Crippen LogP contribution in [-0.4, -0.2) is 54.3 Å². The van der Waals surface area contributed by atoms with Crippen molar-refractivity contribution in [3.8, 4) is 5.75 Å². The number of ether oxygens (including phenoxy) is 2. The number of benzene rings is 1. The van der Waals surface area contributed by atoms with E-state index in [9.17, 15) is 4.55 Å². The van der Waals surface area contributed by atoms with Crippen LogP contribution in [0.15, 0.2) is 30.5 Å². The van der Waals surface area contributed by atoms with Crippen LogP contribution < -0.4 is 14.4 Å². The van der Waals surface area contributed by atoms with Gasteiger partial charge in [-0.05, 0) is 68.7 Å². The van der Waals surface area contributed by atoms with Crippen LogP contribution in [0.4, 0.5) is 5.82 Å². The third-order valence-electron chi connectivity index (χ3n) is 7.56. The molecule has 2 unspecified atom stereocenters. The van der Waals surface area contributed by atoms with Gasteiger partial charge in [-0.25, -0.2) is 14.6 Å². The highest BCUT2D eigenvalue weighted by molar-refractivity contribution is 14.1. The zero-order chi connectivity index (χ0) is 25.8. The standard InChI is InChI=1S/C26H33IN6O3S/c1-25(2,3)37(34)31-22-17-8-4-5-9-18(17)36-26(22)11-13-32(14-12-26)19-16-28-21-23(27)30-33(24(21)29-19)20-10-6-7-15-35-20/h4-5,8-9,16,20,22,31H,6-7,10-15H2,1-3H3/t20?,22-,37?/m1/s1. The minimum absolute atomic E-state index is 0.0881. The van der Waals surface area contributed by atoms with Crippen molar-refractivity contribution in [2.75, 3.05) is 24.6 Å². The molecule has 1 aromatic carbocycles. The van der Waals surface area contributed by atoms with Gasteiger partial charge in [-0.1, -0.05) is 18.2 Å². The molecular weight excluding hydrogens is 603 g/mol. The summed E-state index contributed by atoms with van der Waals surface area (Å²) in [6.45, 7) is 8.26. The third kappa shape index (κ3) is 4.70. The maximum Gasteiger partial charge on any atom is 0.182 e. The summed E-state index contributed by atoms with van der Waals surface area (Å²) < 4.78 is 31.6. The Morgan fingerprint density at radius 2 is 1.97 bits per heavy atom. The van der Waals surface area contributed by atoms with Gasteiger partial charge < -0.3 is 18.9 Å². The minimum Gasteiger partial charge on any atom is -0.598 e. The van der Waals surface area contributed by atoms with Gasteiger partial charge in [0, 0.05) is 49.5 Å². The van der Waals surface area contributed by atoms with Gasteiger partial charge >= 0.3 is 0 Å². The Morgan fingerprint density at radius 3 is 2.70 bits per heavy atom. The van der Waals surface area contributed by atoms with E-state index in [2.05, 4.69) is 38.3 Å². The quantitative estimate of drug-likeness (QED) is 0.327.